The first-order chi connectivity index (χ1) is 8.11. The number of carbonyl (C=O) groups is 1. The molecule has 2 rings (SSSR count). The molecule has 6 heteroatoms. The van der Waals surface area contributed by atoms with E-state index in [9.17, 15) is 4.79 Å². The summed E-state index contributed by atoms with van der Waals surface area (Å²) in [5.41, 5.74) is 1.27. The van der Waals surface area contributed by atoms with Crippen molar-refractivity contribution in [3.8, 4) is 17.0 Å². The highest BCUT2D eigenvalue weighted by molar-refractivity contribution is 14.1. The summed E-state index contributed by atoms with van der Waals surface area (Å²) in [4.78, 5) is 10.7. The van der Waals surface area contributed by atoms with Gasteiger partial charge in [0.15, 0.2) is 0 Å². The molecule has 0 aliphatic carbocycles. The molecule has 0 radical (unpaired) electrons. The van der Waals surface area contributed by atoms with E-state index in [4.69, 9.17) is 14.4 Å². The molecule has 0 atom stereocenters. The van der Waals surface area contributed by atoms with Crippen molar-refractivity contribution in [1.82, 2.24) is 5.16 Å². The minimum atomic E-state index is -1.13. The van der Waals surface area contributed by atoms with Gasteiger partial charge in [0.1, 0.15) is 11.4 Å². The maximum Gasteiger partial charge on any atom is 0.374 e. The summed E-state index contributed by atoms with van der Waals surface area (Å²) in [5, 5.41) is 12.4. The molecule has 0 aliphatic rings. The van der Waals surface area contributed by atoms with E-state index < -0.39 is 5.97 Å². The molecule has 0 amide bonds. The lowest BCUT2D eigenvalue weighted by molar-refractivity contribution is 0.0652. The van der Waals surface area contributed by atoms with Gasteiger partial charge in [-0.15, -0.1) is 0 Å². The molecule has 0 spiro atoms. The Bertz CT molecular complexity index is 564. The summed E-state index contributed by atoms with van der Waals surface area (Å²) in [7, 11) is 1.59. The van der Waals surface area contributed by atoms with Gasteiger partial charge < -0.3 is 14.4 Å². The highest BCUT2D eigenvalue weighted by atomic mass is 127. The summed E-state index contributed by atoms with van der Waals surface area (Å²) in [6.07, 6.45) is 0. The molecule has 0 saturated heterocycles. The quantitative estimate of drug-likeness (QED) is 0.866. The zero-order chi connectivity index (χ0) is 12.4. The van der Waals surface area contributed by atoms with Gasteiger partial charge in [0.2, 0.25) is 5.76 Å². The molecule has 0 saturated carbocycles. The molecule has 17 heavy (non-hydrogen) atoms. The molecule has 1 aromatic carbocycles. The van der Waals surface area contributed by atoms with Crippen LogP contribution in [-0.4, -0.2) is 23.3 Å². The fourth-order valence-electron chi connectivity index (χ4n) is 1.34. The largest absolute Gasteiger partial charge is 0.496 e. The second-order valence-corrected chi connectivity index (χ2v) is 4.39. The van der Waals surface area contributed by atoms with Crippen LogP contribution in [0.1, 0.15) is 10.6 Å². The molecule has 0 bridgehead atoms. The Kier molecular flexibility index (Phi) is 3.32. The van der Waals surface area contributed by atoms with Crippen LogP contribution in [0.25, 0.3) is 11.3 Å². The zero-order valence-corrected chi connectivity index (χ0v) is 11.0. The van der Waals surface area contributed by atoms with Crippen LogP contribution in [0, 0.1) is 3.57 Å². The third-order valence-electron chi connectivity index (χ3n) is 2.17. The Hall–Kier alpha value is -1.57. The number of rotatable bonds is 3. The van der Waals surface area contributed by atoms with Crippen molar-refractivity contribution in [2.45, 2.75) is 0 Å². The number of methoxy groups -OCH3 is 1. The number of nitrogens with zero attached hydrogens (tertiary/aromatic N) is 1. The Labute approximate surface area is 111 Å². The van der Waals surface area contributed by atoms with E-state index in [1.165, 1.54) is 6.07 Å². The van der Waals surface area contributed by atoms with Crippen molar-refractivity contribution in [3.63, 3.8) is 0 Å². The zero-order valence-electron chi connectivity index (χ0n) is 8.81. The highest BCUT2D eigenvalue weighted by Crippen LogP contribution is 2.27. The van der Waals surface area contributed by atoms with Crippen molar-refractivity contribution in [2.75, 3.05) is 7.11 Å². The second kappa shape index (κ2) is 4.74. The van der Waals surface area contributed by atoms with Crippen molar-refractivity contribution in [1.29, 1.82) is 0 Å². The molecule has 5 nitrogen and oxygen atoms in total. The van der Waals surface area contributed by atoms with E-state index in [-0.39, 0.29) is 5.76 Å². The molecule has 0 fully saturated rings. The van der Waals surface area contributed by atoms with Crippen molar-refractivity contribution in [2.24, 2.45) is 0 Å². The number of hydrogen-bond donors (Lipinski definition) is 1. The summed E-state index contributed by atoms with van der Waals surface area (Å²) in [5.74, 6) is -0.547. The molecule has 0 unspecified atom stereocenters. The predicted octanol–water partition coefficient (Wildman–Crippen LogP) is 2.65. The number of aromatic carboxylic acids is 1. The Morgan fingerprint density at radius 2 is 2.24 bits per heavy atom. The van der Waals surface area contributed by atoms with E-state index in [1.54, 1.807) is 19.2 Å². The minimum absolute atomic E-state index is 0.175. The van der Waals surface area contributed by atoms with E-state index in [1.807, 2.05) is 6.07 Å². The van der Waals surface area contributed by atoms with E-state index in [0.29, 0.717) is 5.69 Å². The van der Waals surface area contributed by atoms with Crippen LogP contribution >= 0.6 is 22.6 Å². The van der Waals surface area contributed by atoms with E-state index in [2.05, 4.69) is 27.7 Å². The number of hydrogen-bond acceptors (Lipinski definition) is 4. The normalized spacial score (nSPS) is 10.2. The van der Waals surface area contributed by atoms with Crippen LogP contribution < -0.4 is 4.74 Å². The summed E-state index contributed by atoms with van der Waals surface area (Å²) < 4.78 is 10.7. The van der Waals surface area contributed by atoms with Crippen molar-refractivity contribution in [3.05, 3.63) is 33.6 Å². The molecule has 0 aliphatic heterocycles. The van der Waals surface area contributed by atoms with E-state index >= 15 is 0 Å². The number of carboxylic acids is 1. The fraction of sp³-hybridized carbons (Fsp3) is 0.0909. The lowest BCUT2D eigenvalue weighted by atomic mass is 10.1. The van der Waals surface area contributed by atoms with Gasteiger partial charge in [0.25, 0.3) is 0 Å². The van der Waals surface area contributed by atoms with Crippen LogP contribution in [0.5, 0.6) is 5.75 Å². The molecular formula is C11H8INO4. The SMILES string of the molecule is COc1ccc(-c2cc(C(=O)O)on2)cc1I. The lowest BCUT2D eigenvalue weighted by Crippen LogP contribution is -1.91. The number of carboxylic acid groups (broad SMARTS) is 1. The van der Waals surface area contributed by atoms with Gasteiger partial charge in [-0.05, 0) is 40.8 Å². The van der Waals surface area contributed by atoms with Gasteiger partial charge in [-0.25, -0.2) is 4.79 Å². The van der Waals surface area contributed by atoms with Crippen molar-refractivity contribution < 1.29 is 19.2 Å². The van der Waals surface area contributed by atoms with Gasteiger partial charge in [0, 0.05) is 11.6 Å². The molecule has 1 heterocycles. The molecule has 88 valence electrons. The first kappa shape index (κ1) is 11.9. The monoisotopic (exact) mass is 345 g/mol. The lowest BCUT2D eigenvalue weighted by Gasteiger charge is -2.03. The maximum atomic E-state index is 10.7. The third-order valence-corrected chi connectivity index (χ3v) is 3.01. The number of halogens is 1. The van der Waals surface area contributed by atoms with Gasteiger partial charge in [-0.2, -0.15) is 0 Å². The number of aromatic nitrogens is 1. The van der Waals surface area contributed by atoms with Gasteiger partial charge in [0.05, 0.1) is 10.7 Å². The van der Waals surface area contributed by atoms with Crippen LogP contribution in [0.15, 0.2) is 28.8 Å². The van der Waals surface area contributed by atoms with Crippen LogP contribution in [-0.2, 0) is 0 Å². The van der Waals surface area contributed by atoms with Crippen LogP contribution in [0.4, 0.5) is 0 Å². The number of benzene rings is 1. The number of ether oxygens (including phenoxy) is 1. The third kappa shape index (κ3) is 2.41. The Morgan fingerprint density at radius 3 is 2.76 bits per heavy atom. The standard InChI is InChI=1S/C11H8INO4/c1-16-9-3-2-6(4-7(9)12)8-5-10(11(14)15)17-13-8/h2-5H,1H3,(H,14,15). The summed E-state index contributed by atoms with van der Waals surface area (Å²) in [6, 6.07) is 6.83. The molecule has 1 N–H and O–H groups in total. The van der Waals surface area contributed by atoms with Crippen LogP contribution in [0.2, 0.25) is 0 Å². The van der Waals surface area contributed by atoms with Gasteiger partial charge in [-0.1, -0.05) is 5.16 Å². The summed E-state index contributed by atoms with van der Waals surface area (Å²) >= 11 is 2.13. The molecule has 2 aromatic rings. The average Bonchev–Trinajstić information content (AvgIpc) is 2.78. The highest BCUT2D eigenvalue weighted by Gasteiger charge is 2.13. The van der Waals surface area contributed by atoms with Gasteiger partial charge >= 0.3 is 5.97 Å². The minimum Gasteiger partial charge on any atom is -0.496 e. The molecule has 1 aromatic heterocycles. The Balaban J connectivity index is 2.39. The van der Waals surface area contributed by atoms with E-state index in [0.717, 1.165) is 14.9 Å². The second-order valence-electron chi connectivity index (χ2n) is 3.23. The maximum absolute atomic E-state index is 10.7. The summed E-state index contributed by atoms with van der Waals surface area (Å²) in [6.45, 7) is 0. The van der Waals surface area contributed by atoms with Crippen LogP contribution in [0.3, 0.4) is 0 Å². The molecular weight excluding hydrogens is 337 g/mol. The van der Waals surface area contributed by atoms with Crippen molar-refractivity contribution >= 4 is 28.6 Å². The topological polar surface area (TPSA) is 72.6 Å². The average molecular weight is 345 g/mol. The smallest absolute Gasteiger partial charge is 0.374 e. The first-order valence-corrected chi connectivity index (χ1v) is 5.73. The predicted molar refractivity (Wildman–Crippen MR) is 68.2 cm³/mol. The van der Waals surface area contributed by atoms with Gasteiger partial charge in [-0.3, -0.25) is 0 Å². The Morgan fingerprint density at radius 1 is 1.47 bits per heavy atom. The fourth-order valence-corrected chi connectivity index (χ4v) is 2.07. The first-order valence-electron chi connectivity index (χ1n) is 4.65.